The molecule has 0 aliphatic rings. The molecule has 0 aliphatic heterocycles. The average molecular weight is 226 g/mol. The topological polar surface area (TPSA) is 34.1 Å². The van der Waals surface area contributed by atoms with Crippen molar-refractivity contribution in [3.8, 4) is 0 Å². The molecule has 0 bridgehead atoms. The van der Waals surface area contributed by atoms with Crippen molar-refractivity contribution in [2.24, 2.45) is 0 Å². The maximum Gasteiger partial charge on any atom is 0.198 e. The molecule has 0 unspecified atom stereocenters. The first-order valence-electron chi connectivity index (χ1n) is 4.35. The van der Waals surface area contributed by atoms with Gasteiger partial charge in [-0.25, -0.2) is 8.42 Å². The van der Waals surface area contributed by atoms with Gasteiger partial charge in [0.25, 0.3) is 0 Å². The Bertz CT molecular complexity index is 229. The Kier molecular flexibility index (Phi) is 5.32. The van der Waals surface area contributed by atoms with Crippen LogP contribution in [0.5, 0.6) is 0 Å². The number of rotatable bonds is 6. The van der Waals surface area contributed by atoms with Crippen LogP contribution in [-0.4, -0.2) is 52.6 Å². The molecule has 0 aromatic heterocycles. The van der Waals surface area contributed by atoms with Gasteiger partial charge in [-0.15, -0.1) is 0 Å². The van der Waals surface area contributed by atoms with Crippen LogP contribution in [0.15, 0.2) is 0 Å². The molecule has 0 fully saturated rings. The van der Waals surface area contributed by atoms with Gasteiger partial charge >= 0.3 is 0 Å². The number of nitrogens with zero attached hydrogens (tertiary/aromatic N) is 1. The highest BCUT2D eigenvalue weighted by molar-refractivity contribution is 8.71. The molecule has 0 aromatic carbocycles. The van der Waals surface area contributed by atoms with Gasteiger partial charge in [0.1, 0.15) is 0 Å². The van der Waals surface area contributed by atoms with Crippen molar-refractivity contribution in [1.82, 2.24) is 0 Å². The standard InChI is InChI=1S/C8H20NO2S2/c1-9(2,3)7-5-6-8-12-13(4,10)11/h5-8H2,1-4H3/q+1. The Hall–Kier alpha value is 0.260. The van der Waals surface area contributed by atoms with Crippen molar-refractivity contribution in [2.75, 3.05) is 39.7 Å². The second kappa shape index (κ2) is 5.22. The van der Waals surface area contributed by atoms with E-state index in [0.29, 0.717) is 0 Å². The maximum absolute atomic E-state index is 10.8. The first-order valence-corrected chi connectivity index (χ1v) is 7.75. The summed E-state index contributed by atoms with van der Waals surface area (Å²) in [5.41, 5.74) is 0. The van der Waals surface area contributed by atoms with E-state index in [1.807, 2.05) is 0 Å². The molecule has 0 spiro atoms. The third-order valence-electron chi connectivity index (χ3n) is 1.52. The minimum absolute atomic E-state index is 0.721. The van der Waals surface area contributed by atoms with E-state index in [4.69, 9.17) is 0 Å². The van der Waals surface area contributed by atoms with Crippen LogP contribution in [0.1, 0.15) is 12.8 Å². The molecule has 0 N–H and O–H groups in total. The summed E-state index contributed by atoms with van der Waals surface area (Å²) in [5, 5.41) is 0. The molecule has 0 heterocycles. The molecule has 13 heavy (non-hydrogen) atoms. The van der Waals surface area contributed by atoms with Gasteiger partial charge in [-0.2, -0.15) is 0 Å². The molecule has 0 rings (SSSR count). The van der Waals surface area contributed by atoms with Crippen LogP contribution in [0.2, 0.25) is 0 Å². The predicted molar refractivity (Wildman–Crippen MR) is 59.4 cm³/mol. The summed E-state index contributed by atoms with van der Waals surface area (Å²) in [6, 6.07) is 0. The Morgan fingerprint density at radius 3 is 2.08 bits per heavy atom. The predicted octanol–water partition coefficient (Wildman–Crippen LogP) is 1.17. The average Bonchev–Trinajstić information content (AvgIpc) is 1.81. The van der Waals surface area contributed by atoms with Gasteiger partial charge < -0.3 is 4.48 Å². The van der Waals surface area contributed by atoms with Crippen LogP contribution in [0.25, 0.3) is 0 Å². The third kappa shape index (κ3) is 12.3. The highest BCUT2D eigenvalue weighted by atomic mass is 33.1. The summed E-state index contributed by atoms with van der Waals surface area (Å²) < 4.78 is 22.4. The molecule has 0 aromatic rings. The molecule has 0 saturated heterocycles. The second-order valence-corrected chi connectivity index (χ2v) is 8.82. The minimum Gasteiger partial charge on any atom is -0.331 e. The minimum atomic E-state index is -2.83. The molecule has 0 radical (unpaired) electrons. The van der Waals surface area contributed by atoms with Crippen LogP contribution in [0.4, 0.5) is 0 Å². The summed E-state index contributed by atoms with van der Waals surface area (Å²) in [7, 11) is 4.65. The van der Waals surface area contributed by atoms with Crippen molar-refractivity contribution in [3.05, 3.63) is 0 Å². The van der Waals surface area contributed by atoms with Gasteiger partial charge in [0.2, 0.25) is 0 Å². The van der Waals surface area contributed by atoms with Crippen LogP contribution in [0, 0.1) is 0 Å². The summed E-state index contributed by atoms with van der Waals surface area (Å²) in [6.07, 6.45) is 3.33. The molecular formula is C8H20NO2S2+. The monoisotopic (exact) mass is 226 g/mol. The Labute approximate surface area is 85.4 Å². The van der Waals surface area contributed by atoms with Crippen molar-refractivity contribution in [1.29, 1.82) is 0 Å². The second-order valence-electron chi connectivity index (χ2n) is 4.25. The summed E-state index contributed by atoms with van der Waals surface area (Å²) >= 11 is 0. The van der Waals surface area contributed by atoms with Gasteiger partial charge in [0.15, 0.2) is 8.87 Å². The first-order chi connectivity index (χ1) is 5.71. The first kappa shape index (κ1) is 13.3. The molecule has 5 heteroatoms. The van der Waals surface area contributed by atoms with Gasteiger partial charge in [-0.1, -0.05) is 0 Å². The Balaban J connectivity index is 3.39. The van der Waals surface area contributed by atoms with Gasteiger partial charge in [-0.3, -0.25) is 0 Å². The normalized spacial score (nSPS) is 13.2. The number of unbranched alkanes of at least 4 members (excludes halogenated alkanes) is 1. The lowest BCUT2D eigenvalue weighted by Gasteiger charge is -2.23. The van der Waals surface area contributed by atoms with Gasteiger partial charge in [0, 0.05) is 12.0 Å². The quantitative estimate of drug-likeness (QED) is 0.387. The lowest BCUT2D eigenvalue weighted by molar-refractivity contribution is -0.870. The number of quaternary nitrogens is 1. The zero-order valence-corrected chi connectivity index (χ0v) is 10.5. The van der Waals surface area contributed by atoms with Crippen LogP contribution < -0.4 is 0 Å². The number of hydrogen-bond acceptors (Lipinski definition) is 3. The summed E-state index contributed by atoms with van der Waals surface area (Å²) in [4.78, 5) is 0. The summed E-state index contributed by atoms with van der Waals surface area (Å²) in [5.74, 6) is 0.721. The van der Waals surface area contributed by atoms with E-state index in [1.165, 1.54) is 6.26 Å². The largest absolute Gasteiger partial charge is 0.331 e. The van der Waals surface area contributed by atoms with Crippen molar-refractivity contribution in [3.63, 3.8) is 0 Å². The highest BCUT2D eigenvalue weighted by Gasteiger charge is 2.07. The van der Waals surface area contributed by atoms with Gasteiger partial charge in [0.05, 0.1) is 27.7 Å². The van der Waals surface area contributed by atoms with E-state index < -0.39 is 8.87 Å². The lowest BCUT2D eigenvalue weighted by Crippen LogP contribution is -2.35. The SMILES string of the molecule is C[N+](C)(C)CCCCSS(C)(=O)=O. The molecule has 80 valence electrons. The molecule has 0 amide bonds. The van der Waals surface area contributed by atoms with E-state index in [9.17, 15) is 8.42 Å². The zero-order chi connectivity index (χ0) is 10.5. The van der Waals surface area contributed by atoms with E-state index >= 15 is 0 Å². The van der Waals surface area contributed by atoms with E-state index in [0.717, 1.165) is 40.4 Å². The Morgan fingerprint density at radius 2 is 1.69 bits per heavy atom. The van der Waals surface area contributed by atoms with E-state index in [-0.39, 0.29) is 0 Å². The third-order valence-corrected chi connectivity index (χ3v) is 4.19. The summed E-state index contributed by atoms with van der Waals surface area (Å²) in [6.45, 7) is 1.10. The maximum atomic E-state index is 10.8. The van der Waals surface area contributed by atoms with Crippen LogP contribution in [0.3, 0.4) is 0 Å². The molecular weight excluding hydrogens is 206 g/mol. The van der Waals surface area contributed by atoms with E-state index in [1.54, 1.807) is 0 Å². The lowest BCUT2D eigenvalue weighted by atomic mass is 10.3. The van der Waals surface area contributed by atoms with Crippen LogP contribution >= 0.6 is 10.8 Å². The number of hydrogen-bond donors (Lipinski definition) is 0. The molecule has 0 aliphatic carbocycles. The molecule has 0 saturated carbocycles. The van der Waals surface area contributed by atoms with Crippen molar-refractivity contribution < 1.29 is 12.9 Å². The molecule has 3 nitrogen and oxygen atoms in total. The zero-order valence-electron chi connectivity index (χ0n) is 8.91. The van der Waals surface area contributed by atoms with E-state index in [2.05, 4.69) is 21.1 Å². The Morgan fingerprint density at radius 1 is 1.15 bits per heavy atom. The highest BCUT2D eigenvalue weighted by Crippen LogP contribution is 2.12. The fourth-order valence-electron chi connectivity index (χ4n) is 0.899. The molecule has 0 atom stereocenters. The van der Waals surface area contributed by atoms with Crippen molar-refractivity contribution >= 4 is 19.7 Å². The van der Waals surface area contributed by atoms with Crippen LogP contribution in [-0.2, 0) is 8.87 Å². The smallest absolute Gasteiger partial charge is 0.198 e. The fourth-order valence-corrected chi connectivity index (χ4v) is 2.79. The fraction of sp³-hybridized carbons (Fsp3) is 1.00. The van der Waals surface area contributed by atoms with Gasteiger partial charge in [-0.05, 0) is 23.6 Å². The van der Waals surface area contributed by atoms with Crippen molar-refractivity contribution in [2.45, 2.75) is 12.8 Å².